The van der Waals surface area contributed by atoms with Gasteiger partial charge >= 0.3 is 0 Å². The number of benzene rings is 1. The molecule has 0 bridgehead atoms. The zero-order valence-electron chi connectivity index (χ0n) is 17.3. The van der Waals surface area contributed by atoms with Crippen molar-refractivity contribution in [1.82, 2.24) is 20.0 Å². The monoisotopic (exact) mass is 395 g/mol. The number of aryl methyl sites for hydroxylation is 1. The van der Waals surface area contributed by atoms with E-state index < -0.39 is 0 Å². The normalized spacial score (nSPS) is 17.1. The Bertz CT molecular complexity index is 1020. The van der Waals surface area contributed by atoms with Gasteiger partial charge in [0.15, 0.2) is 5.76 Å². The van der Waals surface area contributed by atoms with E-state index in [0.29, 0.717) is 12.5 Å². The Morgan fingerprint density at radius 3 is 2.79 bits per heavy atom. The Hall–Kier alpha value is -2.80. The van der Waals surface area contributed by atoms with Gasteiger partial charge in [-0.1, -0.05) is 17.3 Å². The van der Waals surface area contributed by atoms with E-state index in [4.69, 9.17) is 9.51 Å². The second-order valence-corrected chi connectivity index (χ2v) is 7.84. The molecule has 0 unspecified atom stereocenters. The minimum atomic E-state index is -0.205. The van der Waals surface area contributed by atoms with Crippen molar-refractivity contribution in [3.05, 3.63) is 58.8 Å². The number of likely N-dealkylation sites (tertiary alicyclic amines) is 1. The lowest BCUT2D eigenvalue weighted by molar-refractivity contribution is 0.244. The molecule has 1 saturated heterocycles. The Labute approximate surface area is 170 Å². The fourth-order valence-corrected chi connectivity index (χ4v) is 3.89. The highest BCUT2D eigenvalue weighted by molar-refractivity contribution is 5.65. The number of nitrogens with zero attached hydrogens (tertiary/aromatic N) is 5. The van der Waals surface area contributed by atoms with E-state index in [9.17, 15) is 4.39 Å². The minimum Gasteiger partial charge on any atom is -0.356 e. The van der Waals surface area contributed by atoms with E-state index >= 15 is 0 Å². The topological polar surface area (TPSA) is 58.3 Å². The predicted molar refractivity (Wildman–Crippen MR) is 110 cm³/mol. The molecule has 0 saturated carbocycles. The van der Waals surface area contributed by atoms with Crippen LogP contribution in [0.3, 0.4) is 0 Å². The number of anilines is 1. The Morgan fingerprint density at radius 1 is 1.28 bits per heavy atom. The van der Waals surface area contributed by atoms with Gasteiger partial charge in [-0.25, -0.2) is 14.4 Å². The highest BCUT2D eigenvalue weighted by Gasteiger charge is 2.31. The van der Waals surface area contributed by atoms with Gasteiger partial charge in [0.1, 0.15) is 5.82 Å². The molecule has 7 heteroatoms. The van der Waals surface area contributed by atoms with Gasteiger partial charge < -0.3 is 9.42 Å². The molecule has 1 atom stereocenters. The zero-order valence-corrected chi connectivity index (χ0v) is 17.3. The third-order valence-corrected chi connectivity index (χ3v) is 5.56. The lowest BCUT2D eigenvalue weighted by Gasteiger charge is -2.26. The second-order valence-electron chi connectivity index (χ2n) is 7.84. The maximum Gasteiger partial charge on any atom is 0.225 e. The molecule has 1 aliphatic rings. The molecule has 0 amide bonds. The Morgan fingerprint density at radius 2 is 2.10 bits per heavy atom. The predicted octanol–water partition coefficient (Wildman–Crippen LogP) is 4.29. The van der Waals surface area contributed by atoms with E-state index in [-0.39, 0.29) is 11.9 Å². The minimum absolute atomic E-state index is 0.111. The highest BCUT2D eigenvalue weighted by Crippen LogP contribution is 2.39. The lowest BCUT2D eigenvalue weighted by atomic mass is 10.0. The summed E-state index contributed by atoms with van der Waals surface area (Å²) in [5, 5.41) is 4.12. The van der Waals surface area contributed by atoms with Gasteiger partial charge in [-0.05, 0) is 50.9 Å². The van der Waals surface area contributed by atoms with Gasteiger partial charge in [-0.3, -0.25) is 4.90 Å². The van der Waals surface area contributed by atoms with Crippen LogP contribution in [0.25, 0.3) is 11.3 Å². The SMILES string of the molecule is Cc1noc(-c2cnc(N(C)C)nc2[C@H]2CCCN2Cc2cccc(F)c2)c1C. The number of hydrogen-bond acceptors (Lipinski definition) is 6. The molecule has 0 N–H and O–H groups in total. The molecule has 1 aliphatic heterocycles. The molecule has 152 valence electrons. The van der Waals surface area contributed by atoms with Crippen LogP contribution < -0.4 is 4.90 Å². The molecular weight excluding hydrogens is 369 g/mol. The summed E-state index contributed by atoms with van der Waals surface area (Å²) in [5.41, 5.74) is 4.65. The summed E-state index contributed by atoms with van der Waals surface area (Å²) >= 11 is 0. The van der Waals surface area contributed by atoms with Crippen LogP contribution in [0.1, 0.15) is 41.4 Å². The fraction of sp³-hybridized carbons (Fsp3) is 0.409. The molecule has 29 heavy (non-hydrogen) atoms. The van der Waals surface area contributed by atoms with Crippen LogP contribution in [0.4, 0.5) is 10.3 Å². The number of hydrogen-bond donors (Lipinski definition) is 0. The van der Waals surface area contributed by atoms with Crippen molar-refractivity contribution >= 4 is 5.95 Å². The van der Waals surface area contributed by atoms with Crippen molar-refractivity contribution in [2.45, 2.75) is 39.3 Å². The van der Waals surface area contributed by atoms with Crippen molar-refractivity contribution in [2.24, 2.45) is 0 Å². The van der Waals surface area contributed by atoms with E-state index in [1.165, 1.54) is 6.07 Å². The molecule has 0 spiro atoms. The van der Waals surface area contributed by atoms with E-state index in [1.54, 1.807) is 12.1 Å². The second kappa shape index (κ2) is 7.91. The molecule has 1 aromatic carbocycles. The van der Waals surface area contributed by atoms with Gasteiger partial charge in [-0.2, -0.15) is 0 Å². The van der Waals surface area contributed by atoms with Crippen molar-refractivity contribution in [3.8, 4) is 11.3 Å². The summed E-state index contributed by atoms with van der Waals surface area (Å²) < 4.78 is 19.3. The smallest absolute Gasteiger partial charge is 0.225 e. The Kier molecular flexibility index (Phi) is 5.32. The average Bonchev–Trinajstić information content (AvgIpc) is 3.28. The number of halogens is 1. The van der Waals surface area contributed by atoms with Crippen LogP contribution >= 0.6 is 0 Å². The van der Waals surface area contributed by atoms with Crippen molar-refractivity contribution in [3.63, 3.8) is 0 Å². The van der Waals surface area contributed by atoms with E-state index in [0.717, 1.165) is 53.2 Å². The molecule has 6 nitrogen and oxygen atoms in total. The molecule has 4 rings (SSSR count). The van der Waals surface area contributed by atoms with Crippen LogP contribution in [-0.4, -0.2) is 40.7 Å². The first-order chi connectivity index (χ1) is 13.9. The van der Waals surface area contributed by atoms with Gasteiger partial charge in [0.25, 0.3) is 0 Å². The standard InChI is InChI=1S/C22H26FN5O/c1-14-15(2)26-29-21(14)18-12-24-22(27(3)4)25-20(18)19-9-6-10-28(19)13-16-7-5-8-17(23)11-16/h5,7-8,11-12,19H,6,9-10,13H2,1-4H3/t19-/m1/s1. The molecule has 3 heterocycles. The van der Waals surface area contributed by atoms with Crippen molar-refractivity contribution < 1.29 is 8.91 Å². The first-order valence-electron chi connectivity index (χ1n) is 9.90. The zero-order chi connectivity index (χ0) is 20.5. The lowest BCUT2D eigenvalue weighted by Crippen LogP contribution is -2.25. The fourth-order valence-electron chi connectivity index (χ4n) is 3.89. The number of aromatic nitrogens is 3. The number of rotatable bonds is 5. The van der Waals surface area contributed by atoms with Gasteiger partial charge in [0, 0.05) is 32.4 Å². The highest BCUT2D eigenvalue weighted by atomic mass is 19.1. The maximum atomic E-state index is 13.7. The third-order valence-electron chi connectivity index (χ3n) is 5.56. The van der Waals surface area contributed by atoms with Crippen LogP contribution in [0.5, 0.6) is 0 Å². The van der Waals surface area contributed by atoms with Gasteiger partial charge in [-0.15, -0.1) is 0 Å². The van der Waals surface area contributed by atoms with Crippen LogP contribution in [0, 0.1) is 19.7 Å². The van der Waals surface area contributed by atoms with Gasteiger partial charge in [0.2, 0.25) is 5.95 Å². The molecule has 2 aromatic heterocycles. The Balaban J connectivity index is 1.75. The molecule has 0 aliphatic carbocycles. The summed E-state index contributed by atoms with van der Waals surface area (Å²) in [6, 6.07) is 6.92. The maximum absolute atomic E-state index is 13.7. The average molecular weight is 395 g/mol. The molecule has 3 aromatic rings. The third kappa shape index (κ3) is 3.87. The summed E-state index contributed by atoms with van der Waals surface area (Å²) in [7, 11) is 3.86. The van der Waals surface area contributed by atoms with E-state index in [2.05, 4.69) is 15.0 Å². The van der Waals surface area contributed by atoms with Crippen LogP contribution in [-0.2, 0) is 6.54 Å². The van der Waals surface area contributed by atoms with Crippen molar-refractivity contribution in [1.29, 1.82) is 0 Å². The summed E-state index contributed by atoms with van der Waals surface area (Å²) in [6.07, 6.45) is 3.89. The van der Waals surface area contributed by atoms with Crippen molar-refractivity contribution in [2.75, 3.05) is 25.5 Å². The molecule has 0 radical (unpaired) electrons. The van der Waals surface area contributed by atoms with Gasteiger partial charge in [0.05, 0.1) is 23.0 Å². The summed E-state index contributed by atoms with van der Waals surface area (Å²) in [5.74, 6) is 1.18. The first kappa shape index (κ1) is 19.5. The quantitative estimate of drug-likeness (QED) is 0.642. The largest absolute Gasteiger partial charge is 0.356 e. The summed E-state index contributed by atoms with van der Waals surface area (Å²) in [6.45, 7) is 5.56. The molecular formula is C22H26FN5O. The first-order valence-corrected chi connectivity index (χ1v) is 9.90. The van der Waals surface area contributed by atoms with Crippen LogP contribution in [0.2, 0.25) is 0 Å². The molecule has 1 fully saturated rings. The summed E-state index contributed by atoms with van der Waals surface area (Å²) in [4.78, 5) is 13.7. The van der Waals surface area contributed by atoms with E-state index in [1.807, 2.05) is 45.1 Å². The van der Waals surface area contributed by atoms with Crippen LogP contribution in [0.15, 0.2) is 35.0 Å².